The normalized spacial score (nSPS) is 40.9. The van der Waals surface area contributed by atoms with Crippen molar-refractivity contribution >= 4 is 0 Å². The minimum Gasteiger partial charge on any atom is -0.317 e. The summed E-state index contributed by atoms with van der Waals surface area (Å²) in [6.07, 6.45) is 11.6. The Hall–Kier alpha value is -0.0800. The summed E-state index contributed by atoms with van der Waals surface area (Å²) in [6, 6.07) is 2.56. The van der Waals surface area contributed by atoms with Gasteiger partial charge in [-0.2, -0.15) is 0 Å². The van der Waals surface area contributed by atoms with Gasteiger partial charge in [0.05, 0.1) is 0 Å². The first-order chi connectivity index (χ1) is 8.20. The summed E-state index contributed by atoms with van der Waals surface area (Å²) in [7, 11) is 2.14. The van der Waals surface area contributed by atoms with Crippen LogP contribution in [0.2, 0.25) is 0 Å². The van der Waals surface area contributed by atoms with Crippen molar-refractivity contribution in [3.8, 4) is 0 Å². The van der Waals surface area contributed by atoms with E-state index in [4.69, 9.17) is 0 Å². The maximum absolute atomic E-state index is 3.52. The average molecular weight is 236 g/mol. The standard InChI is InChI=1S/C15H28N2/c1-15(7-4-8-15)11-17-13-5-3-6-14(17)10-12(9-13)16-2/h12-14,16H,3-11H2,1-2H3. The Morgan fingerprint density at radius 1 is 1.12 bits per heavy atom. The quantitative estimate of drug-likeness (QED) is 0.810. The molecule has 0 aromatic carbocycles. The summed E-state index contributed by atoms with van der Waals surface area (Å²) in [5.41, 5.74) is 0.667. The van der Waals surface area contributed by atoms with Gasteiger partial charge < -0.3 is 5.32 Å². The van der Waals surface area contributed by atoms with Gasteiger partial charge in [0.2, 0.25) is 0 Å². The van der Waals surface area contributed by atoms with Gasteiger partial charge in [-0.3, -0.25) is 4.90 Å². The lowest BCUT2D eigenvalue weighted by atomic mass is 9.68. The number of nitrogens with one attached hydrogen (secondary N) is 1. The number of hydrogen-bond acceptors (Lipinski definition) is 2. The van der Waals surface area contributed by atoms with Crippen LogP contribution in [0.15, 0.2) is 0 Å². The number of nitrogens with zero attached hydrogens (tertiary/aromatic N) is 1. The van der Waals surface area contributed by atoms with Crippen molar-refractivity contribution in [2.75, 3.05) is 13.6 Å². The molecule has 2 unspecified atom stereocenters. The minimum absolute atomic E-state index is 0.667. The van der Waals surface area contributed by atoms with Crippen LogP contribution in [0.1, 0.15) is 58.3 Å². The van der Waals surface area contributed by atoms with Crippen molar-refractivity contribution in [3.63, 3.8) is 0 Å². The first-order valence-corrected chi connectivity index (χ1v) is 7.63. The third-order valence-corrected chi connectivity index (χ3v) is 5.66. The second-order valence-corrected chi connectivity index (χ2v) is 7.03. The van der Waals surface area contributed by atoms with Crippen molar-refractivity contribution in [3.05, 3.63) is 0 Å². The van der Waals surface area contributed by atoms with Gasteiger partial charge in [-0.05, 0) is 51.0 Å². The lowest BCUT2D eigenvalue weighted by Gasteiger charge is -2.53. The molecule has 0 aromatic rings. The zero-order chi connectivity index (χ0) is 11.9. The van der Waals surface area contributed by atoms with Crippen LogP contribution in [0.5, 0.6) is 0 Å². The van der Waals surface area contributed by atoms with Gasteiger partial charge in [0.25, 0.3) is 0 Å². The van der Waals surface area contributed by atoms with Gasteiger partial charge in [-0.25, -0.2) is 0 Å². The Kier molecular flexibility index (Phi) is 3.20. The lowest BCUT2D eigenvalue weighted by molar-refractivity contribution is -0.0261. The van der Waals surface area contributed by atoms with Gasteiger partial charge in [-0.15, -0.1) is 0 Å². The number of hydrogen-bond donors (Lipinski definition) is 1. The highest BCUT2D eigenvalue weighted by molar-refractivity contribution is 4.98. The molecule has 0 spiro atoms. The smallest absolute Gasteiger partial charge is 0.0113 e. The van der Waals surface area contributed by atoms with Crippen molar-refractivity contribution in [2.45, 2.75) is 76.4 Å². The summed E-state index contributed by atoms with van der Waals surface area (Å²) < 4.78 is 0. The molecule has 0 aromatic heterocycles. The molecule has 0 amide bonds. The van der Waals surface area contributed by atoms with Crippen LogP contribution >= 0.6 is 0 Å². The highest BCUT2D eigenvalue weighted by Crippen LogP contribution is 2.44. The Morgan fingerprint density at radius 3 is 2.24 bits per heavy atom. The van der Waals surface area contributed by atoms with Crippen LogP contribution in [-0.2, 0) is 0 Å². The molecule has 2 bridgehead atoms. The van der Waals surface area contributed by atoms with Crippen LogP contribution in [0.4, 0.5) is 0 Å². The summed E-state index contributed by atoms with van der Waals surface area (Å²) in [6.45, 7) is 3.90. The van der Waals surface area contributed by atoms with Crippen LogP contribution in [0.25, 0.3) is 0 Å². The van der Waals surface area contributed by atoms with Crippen LogP contribution in [-0.4, -0.2) is 36.6 Å². The number of piperidine rings is 2. The fraction of sp³-hybridized carbons (Fsp3) is 1.00. The van der Waals surface area contributed by atoms with Crippen LogP contribution < -0.4 is 5.32 Å². The van der Waals surface area contributed by atoms with E-state index in [1.54, 1.807) is 0 Å². The molecule has 1 saturated carbocycles. The molecule has 2 aliphatic heterocycles. The van der Waals surface area contributed by atoms with Crippen LogP contribution in [0.3, 0.4) is 0 Å². The summed E-state index contributed by atoms with van der Waals surface area (Å²) in [5, 5.41) is 3.52. The third-order valence-electron chi connectivity index (χ3n) is 5.66. The van der Waals surface area contributed by atoms with Crippen molar-refractivity contribution in [1.29, 1.82) is 0 Å². The Morgan fingerprint density at radius 2 is 1.76 bits per heavy atom. The number of fused-ring (bicyclic) bond motifs is 2. The molecule has 0 radical (unpaired) electrons. The molecule has 2 nitrogen and oxygen atoms in total. The maximum atomic E-state index is 3.52. The highest BCUT2D eigenvalue weighted by atomic mass is 15.2. The summed E-state index contributed by atoms with van der Waals surface area (Å²) in [4.78, 5) is 2.90. The van der Waals surface area contributed by atoms with Crippen LogP contribution in [0, 0.1) is 5.41 Å². The minimum atomic E-state index is 0.667. The molecule has 1 N–H and O–H groups in total. The van der Waals surface area contributed by atoms with E-state index in [1.165, 1.54) is 57.9 Å². The zero-order valence-corrected chi connectivity index (χ0v) is 11.5. The van der Waals surface area contributed by atoms with Gasteiger partial charge in [0.15, 0.2) is 0 Å². The lowest BCUT2D eigenvalue weighted by Crippen LogP contribution is -2.58. The summed E-state index contributed by atoms with van der Waals surface area (Å²) in [5.74, 6) is 0. The molecule has 2 heteroatoms. The molecule has 98 valence electrons. The average Bonchev–Trinajstić information content (AvgIpc) is 2.26. The molecule has 2 saturated heterocycles. The maximum Gasteiger partial charge on any atom is 0.0113 e. The molecule has 2 heterocycles. The van der Waals surface area contributed by atoms with E-state index in [0.717, 1.165) is 18.1 Å². The Bertz CT molecular complexity index is 258. The predicted octanol–water partition coefficient (Wildman–Crippen LogP) is 2.78. The molecule has 1 aliphatic carbocycles. The second kappa shape index (κ2) is 4.55. The van der Waals surface area contributed by atoms with E-state index in [1.807, 2.05) is 0 Å². The molecule has 3 aliphatic rings. The van der Waals surface area contributed by atoms with E-state index >= 15 is 0 Å². The molecule has 3 rings (SSSR count). The zero-order valence-electron chi connectivity index (χ0n) is 11.5. The van der Waals surface area contributed by atoms with E-state index < -0.39 is 0 Å². The van der Waals surface area contributed by atoms with Gasteiger partial charge in [0, 0.05) is 24.7 Å². The number of rotatable bonds is 3. The molecular weight excluding hydrogens is 208 g/mol. The van der Waals surface area contributed by atoms with Gasteiger partial charge in [0.1, 0.15) is 0 Å². The summed E-state index contributed by atoms with van der Waals surface area (Å²) >= 11 is 0. The van der Waals surface area contributed by atoms with Gasteiger partial charge >= 0.3 is 0 Å². The third kappa shape index (κ3) is 2.26. The van der Waals surface area contributed by atoms with E-state index in [9.17, 15) is 0 Å². The molecule has 3 fully saturated rings. The fourth-order valence-corrected chi connectivity index (χ4v) is 4.35. The molecular formula is C15H28N2. The Balaban J connectivity index is 1.67. The SMILES string of the molecule is CNC1CC2CCCC(C1)N2CC1(C)CCC1. The topological polar surface area (TPSA) is 15.3 Å². The second-order valence-electron chi connectivity index (χ2n) is 7.03. The van der Waals surface area contributed by atoms with Gasteiger partial charge in [-0.1, -0.05) is 19.8 Å². The fourth-order valence-electron chi connectivity index (χ4n) is 4.35. The first-order valence-electron chi connectivity index (χ1n) is 7.63. The Labute approximate surface area is 106 Å². The van der Waals surface area contributed by atoms with E-state index in [0.29, 0.717) is 5.41 Å². The largest absolute Gasteiger partial charge is 0.317 e. The monoisotopic (exact) mass is 236 g/mol. The van der Waals surface area contributed by atoms with E-state index in [2.05, 4.69) is 24.2 Å². The molecule has 17 heavy (non-hydrogen) atoms. The first kappa shape index (κ1) is 12.0. The van der Waals surface area contributed by atoms with E-state index in [-0.39, 0.29) is 0 Å². The highest BCUT2D eigenvalue weighted by Gasteiger charge is 2.42. The molecule has 2 atom stereocenters. The van der Waals surface area contributed by atoms with Crippen molar-refractivity contribution in [1.82, 2.24) is 10.2 Å². The van der Waals surface area contributed by atoms with Crippen molar-refractivity contribution in [2.24, 2.45) is 5.41 Å². The van der Waals surface area contributed by atoms with Crippen molar-refractivity contribution < 1.29 is 0 Å². The predicted molar refractivity (Wildman–Crippen MR) is 72.2 cm³/mol.